The first kappa shape index (κ1) is 11.6. The van der Waals surface area contributed by atoms with Gasteiger partial charge < -0.3 is 0 Å². The summed E-state index contributed by atoms with van der Waals surface area (Å²) in [6, 6.07) is 4.22. The molecule has 1 aromatic carbocycles. The lowest BCUT2D eigenvalue weighted by atomic mass is 10.1. The number of nitrogens with zero attached hydrogens (tertiary/aromatic N) is 2. The minimum absolute atomic E-state index is 0.291. The van der Waals surface area contributed by atoms with E-state index in [1.807, 2.05) is 20.8 Å². The van der Waals surface area contributed by atoms with Crippen molar-refractivity contribution in [2.75, 3.05) is 0 Å². The molecule has 90 valence electrons. The van der Waals surface area contributed by atoms with E-state index in [-0.39, 0.29) is 5.69 Å². The summed E-state index contributed by atoms with van der Waals surface area (Å²) in [4.78, 5) is 15.3. The zero-order chi connectivity index (χ0) is 12.6. The van der Waals surface area contributed by atoms with Gasteiger partial charge in [-0.05, 0) is 31.9 Å². The monoisotopic (exact) mass is 231 g/mol. The second-order valence-electron chi connectivity index (χ2n) is 4.38. The van der Waals surface area contributed by atoms with Crippen molar-refractivity contribution in [2.45, 2.75) is 34.1 Å². The molecule has 4 nitrogen and oxygen atoms in total. The van der Waals surface area contributed by atoms with Crippen LogP contribution in [0.3, 0.4) is 0 Å². The van der Waals surface area contributed by atoms with Gasteiger partial charge in [0.2, 0.25) is 0 Å². The summed E-state index contributed by atoms with van der Waals surface area (Å²) >= 11 is 0. The summed E-state index contributed by atoms with van der Waals surface area (Å²) in [5.74, 6) is 0.769. The lowest BCUT2D eigenvalue weighted by Gasteiger charge is -2.13. The molecule has 0 aliphatic rings. The number of rotatable bonds is 2. The van der Waals surface area contributed by atoms with Crippen molar-refractivity contribution < 1.29 is 0 Å². The maximum atomic E-state index is 11.3. The zero-order valence-electron chi connectivity index (χ0n) is 10.7. The lowest BCUT2D eigenvalue weighted by molar-refractivity contribution is 0.786. The van der Waals surface area contributed by atoms with Crippen molar-refractivity contribution >= 4 is 0 Å². The fourth-order valence-corrected chi connectivity index (χ4v) is 2.30. The van der Waals surface area contributed by atoms with Crippen molar-refractivity contribution in [3.8, 4) is 5.69 Å². The fourth-order valence-electron chi connectivity index (χ4n) is 2.30. The van der Waals surface area contributed by atoms with Gasteiger partial charge in [-0.1, -0.05) is 24.6 Å². The molecule has 2 rings (SSSR count). The Hall–Kier alpha value is -1.84. The summed E-state index contributed by atoms with van der Waals surface area (Å²) in [5, 5.41) is 2.76. The minimum atomic E-state index is -0.291. The highest BCUT2D eigenvalue weighted by molar-refractivity contribution is 5.49. The van der Waals surface area contributed by atoms with E-state index < -0.39 is 0 Å². The Morgan fingerprint density at radius 2 is 1.82 bits per heavy atom. The Kier molecular flexibility index (Phi) is 2.88. The zero-order valence-corrected chi connectivity index (χ0v) is 10.7. The molecular formula is C13H17N3O. The van der Waals surface area contributed by atoms with Crippen molar-refractivity contribution in [1.29, 1.82) is 0 Å². The molecule has 1 heterocycles. The summed E-state index contributed by atoms with van der Waals surface area (Å²) < 4.78 is 1.80. The van der Waals surface area contributed by atoms with Gasteiger partial charge >= 0.3 is 5.69 Å². The van der Waals surface area contributed by atoms with Gasteiger partial charge in [-0.25, -0.2) is 14.6 Å². The van der Waals surface area contributed by atoms with Crippen molar-refractivity contribution in [1.82, 2.24) is 14.8 Å². The summed E-state index contributed by atoms with van der Waals surface area (Å²) in [5.41, 5.74) is 4.25. The van der Waals surface area contributed by atoms with Crippen LogP contribution in [0.1, 0.15) is 29.4 Å². The molecule has 0 aliphatic heterocycles. The summed E-state index contributed by atoms with van der Waals surface area (Å²) in [6.07, 6.45) is 0.728. The minimum Gasteiger partial charge on any atom is -0.244 e. The molecule has 0 aliphatic carbocycles. The van der Waals surface area contributed by atoms with Crippen LogP contribution in [0.2, 0.25) is 0 Å². The number of aromatic nitrogens is 3. The second-order valence-corrected chi connectivity index (χ2v) is 4.38. The molecule has 0 saturated carbocycles. The Morgan fingerprint density at radius 3 is 2.35 bits per heavy atom. The van der Waals surface area contributed by atoms with Gasteiger partial charge in [0.15, 0.2) is 0 Å². The summed E-state index contributed by atoms with van der Waals surface area (Å²) in [6.45, 7) is 8.16. The first-order chi connectivity index (χ1) is 8.02. The smallest absolute Gasteiger partial charge is 0.244 e. The molecular weight excluding hydrogens is 214 g/mol. The Bertz CT molecular complexity index is 584. The van der Waals surface area contributed by atoms with E-state index in [0.717, 1.165) is 29.1 Å². The van der Waals surface area contributed by atoms with Crippen molar-refractivity contribution in [2.24, 2.45) is 0 Å². The first-order valence-electron chi connectivity index (χ1n) is 5.79. The van der Waals surface area contributed by atoms with Crippen LogP contribution in [0.5, 0.6) is 0 Å². The molecule has 0 unspecified atom stereocenters. The average Bonchev–Trinajstić information content (AvgIpc) is 2.58. The van der Waals surface area contributed by atoms with Crippen LogP contribution in [0.15, 0.2) is 16.9 Å². The number of H-pyrrole nitrogens is 1. The van der Waals surface area contributed by atoms with Gasteiger partial charge in [-0.3, -0.25) is 0 Å². The van der Waals surface area contributed by atoms with Crippen LogP contribution in [-0.2, 0) is 6.42 Å². The largest absolute Gasteiger partial charge is 0.361 e. The van der Waals surface area contributed by atoms with E-state index in [2.05, 4.69) is 29.1 Å². The first-order valence-corrected chi connectivity index (χ1v) is 5.79. The maximum absolute atomic E-state index is 11.3. The van der Waals surface area contributed by atoms with Crippen molar-refractivity contribution in [3.63, 3.8) is 0 Å². The van der Waals surface area contributed by atoms with Gasteiger partial charge in [0.25, 0.3) is 0 Å². The maximum Gasteiger partial charge on any atom is 0.361 e. The van der Waals surface area contributed by atoms with Gasteiger partial charge in [-0.15, -0.1) is 0 Å². The number of aryl methyl sites for hydroxylation is 4. The topological polar surface area (TPSA) is 50.7 Å². The molecule has 0 spiro atoms. The van der Waals surface area contributed by atoms with E-state index in [1.54, 1.807) is 4.68 Å². The predicted octanol–water partition coefficient (Wildman–Crippen LogP) is 2.05. The van der Waals surface area contributed by atoms with Crippen molar-refractivity contribution in [3.05, 3.63) is 45.1 Å². The van der Waals surface area contributed by atoms with Crippen LogP contribution in [-0.4, -0.2) is 14.8 Å². The Balaban J connectivity index is 2.72. The molecule has 0 fully saturated rings. The van der Waals surface area contributed by atoms with Gasteiger partial charge in [-0.2, -0.15) is 4.98 Å². The van der Waals surface area contributed by atoms with Gasteiger partial charge in [0.05, 0.1) is 5.69 Å². The SMILES string of the molecule is CCc1nc(=O)[nH]n1-c1c(C)cc(C)cc1C. The van der Waals surface area contributed by atoms with E-state index in [0.29, 0.717) is 0 Å². The molecule has 0 radical (unpaired) electrons. The molecule has 0 amide bonds. The number of benzene rings is 1. The van der Waals surface area contributed by atoms with Gasteiger partial charge in [0.1, 0.15) is 5.82 Å². The van der Waals surface area contributed by atoms with Crippen LogP contribution >= 0.6 is 0 Å². The van der Waals surface area contributed by atoms with Crippen LogP contribution in [0.4, 0.5) is 0 Å². The van der Waals surface area contributed by atoms with Crippen LogP contribution < -0.4 is 5.69 Å². The van der Waals surface area contributed by atoms with E-state index in [4.69, 9.17) is 0 Å². The van der Waals surface area contributed by atoms with E-state index >= 15 is 0 Å². The molecule has 0 atom stereocenters. The van der Waals surface area contributed by atoms with Crippen LogP contribution in [0.25, 0.3) is 5.69 Å². The third-order valence-corrected chi connectivity index (χ3v) is 2.87. The average molecular weight is 231 g/mol. The highest BCUT2D eigenvalue weighted by Gasteiger charge is 2.11. The molecule has 1 aromatic heterocycles. The number of hydrogen-bond donors (Lipinski definition) is 1. The third-order valence-electron chi connectivity index (χ3n) is 2.87. The normalized spacial score (nSPS) is 10.8. The molecule has 4 heteroatoms. The Morgan fingerprint density at radius 1 is 1.24 bits per heavy atom. The highest BCUT2D eigenvalue weighted by Crippen LogP contribution is 2.20. The van der Waals surface area contributed by atoms with E-state index in [1.165, 1.54) is 5.56 Å². The number of aromatic amines is 1. The quantitative estimate of drug-likeness (QED) is 0.860. The fraction of sp³-hybridized carbons (Fsp3) is 0.385. The molecule has 0 bridgehead atoms. The Labute approximate surface area is 100 Å². The summed E-state index contributed by atoms with van der Waals surface area (Å²) in [7, 11) is 0. The molecule has 2 aromatic rings. The van der Waals surface area contributed by atoms with E-state index in [9.17, 15) is 4.79 Å². The number of hydrogen-bond acceptors (Lipinski definition) is 2. The predicted molar refractivity (Wildman–Crippen MR) is 67.8 cm³/mol. The number of nitrogens with one attached hydrogen (secondary N) is 1. The standard InChI is InChI=1S/C13H17N3O/c1-5-11-14-13(17)15-16(11)12-9(3)6-8(2)7-10(12)4/h6-7H,5H2,1-4H3,(H,15,17). The highest BCUT2D eigenvalue weighted by atomic mass is 16.1. The third kappa shape index (κ3) is 2.02. The second kappa shape index (κ2) is 4.20. The van der Waals surface area contributed by atoms with Crippen LogP contribution in [0, 0.1) is 20.8 Å². The molecule has 1 N–H and O–H groups in total. The molecule has 0 saturated heterocycles. The molecule has 17 heavy (non-hydrogen) atoms. The van der Waals surface area contributed by atoms with Gasteiger partial charge in [0, 0.05) is 6.42 Å². The lowest BCUT2D eigenvalue weighted by Crippen LogP contribution is -2.08.